The smallest absolute Gasteiger partial charge is 0.0651 e. The fourth-order valence-corrected chi connectivity index (χ4v) is 3.59. The van der Waals surface area contributed by atoms with Gasteiger partial charge in [-0.1, -0.05) is 12.1 Å². The maximum atomic E-state index is 4.71. The van der Waals surface area contributed by atoms with Gasteiger partial charge in [-0.2, -0.15) is 5.10 Å². The molecule has 2 aromatic heterocycles. The zero-order chi connectivity index (χ0) is 17.2. The molecule has 0 spiro atoms. The molecule has 3 aromatic rings. The highest BCUT2D eigenvalue weighted by atomic mass is 15.3. The summed E-state index contributed by atoms with van der Waals surface area (Å²) < 4.78 is 2.12. The maximum absolute atomic E-state index is 4.71. The van der Waals surface area contributed by atoms with Crippen molar-refractivity contribution in [1.82, 2.24) is 20.1 Å². The molecule has 0 aliphatic heterocycles. The molecule has 0 amide bonds. The summed E-state index contributed by atoms with van der Waals surface area (Å²) in [6.45, 7) is 5.15. The summed E-state index contributed by atoms with van der Waals surface area (Å²) in [5.41, 5.74) is 7.70. The third-order valence-corrected chi connectivity index (χ3v) is 5.19. The minimum absolute atomic E-state index is 0.365. The van der Waals surface area contributed by atoms with Gasteiger partial charge in [-0.05, 0) is 68.0 Å². The fraction of sp³-hybridized carbons (Fsp3) is 0.333. The van der Waals surface area contributed by atoms with Crippen LogP contribution in [0.2, 0.25) is 0 Å². The number of hydrogen-bond donors (Lipinski definition) is 1. The summed E-state index contributed by atoms with van der Waals surface area (Å²) in [6, 6.07) is 11.0. The summed E-state index contributed by atoms with van der Waals surface area (Å²) in [5.74, 6) is 0. The zero-order valence-corrected chi connectivity index (χ0v) is 14.9. The normalized spacial score (nSPS) is 16.6. The third kappa shape index (κ3) is 3.22. The molecule has 4 heteroatoms. The van der Waals surface area contributed by atoms with Crippen LogP contribution < -0.4 is 5.32 Å². The summed E-state index contributed by atoms with van der Waals surface area (Å²) in [5, 5.41) is 8.39. The lowest BCUT2D eigenvalue weighted by atomic mass is 9.92. The van der Waals surface area contributed by atoms with Gasteiger partial charge < -0.3 is 5.32 Å². The van der Waals surface area contributed by atoms with Crippen LogP contribution in [-0.4, -0.2) is 14.8 Å². The Kier molecular flexibility index (Phi) is 4.36. The van der Waals surface area contributed by atoms with Crippen LogP contribution in [0.3, 0.4) is 0 Å². The van der Waals surface area contributed by atoms with Gasteiger partial charge in [0, 0.05) is 36.2 Å². The number of nitrogens with zero attached hydrogens (tertiary/aromatic N) is 3. The van der Waals surface area contributed by atoms with Crippen molar-refractivity contribution in [3.63, 3.8) is 0 Å². The first-order valence-corrected chi connectivity index (χ1v) is 8.99. The number of fused-ring (bicyclic) bond motifs is 1. The van der Waals surface area contributed by atoms with E-state index in [2.05, 4.69) is 53.1 Å². The molecule has 25 heavy (non-hydrogen) atoms. The highest BCUT2D eigenvalue weighted by Crippen LogP contribution is 2.31. The van der Waals surface area contributed by atoms with Gasteiger partial charge in [0.05, 0.1) is 11.9 Å². The second kappa shape index (κ2) is 6.81. The first kappa shape index (κ1) is 16.0. The van der Waals surface area contributed by atoms with Crippen molar-refractivity contribution in [3.05, 3.63) is 76.9 Å². The molecular weight excluding hydrogens is 308 g/mol. The molecule has 1 aromatic carbocycles. The van der Waals surface area contributed by atoms with E-state index in [1.54, 1.807) is 0 Å². The van der Waals surface area contributed by atoms with Gasteiger partial charge in [0.2, 0.25) is 0 Å². The van der Waals surface area contributed by atoms with Gasteiger partial charge in [0.25, 0.3) is 0 Å². The average molecular weight is 332 g/mol. The van der Waals surface area contributed by atoms with Crippen molar-refractivity contribution in [2.24, 2.45) is 0 Å². The number of nitrogens with one attached hydrogen (secondary N) is 1. The van der Waals surface area contributed by atoms with Crippen molar-refractivity contribution in [2.45, 2.75) is 45.7 Å². The molecule has 0 saturated carbocycles. The summed E-state index contributed by atoms with van der Waals surface area (Å²) in [6.07, 6.45) is 9.23. The second-order valence-electron chi connectivity index (χ2n) is 6.91. The molecule has 1 atom stereocenters. The number of rotatable bonds is 4. The quantitative estimate of drug-likeness (QED) is 0.784. The largest absolute Gasteiger partial charge is 0.306 e. The lowest BCUT2D eigenvalue weighted by Crippen LogP contribution is -2.25. The molecule has 0 radical (unpaired) electrons. The Morgan fingerprint density at radius 3 is 2.88 bits per heavy atom. The molecule has 0 bridgehead atoms. The van der Waals surface area contributed by atoms with Crippen molar-refractivity contribution < 1.29 is 0 Å². The number of aryl methyl sites for hydroxylation is 2. The molecule has 128 valence electrons. The Morgan fingerprint density at radius 1 is 1.16 bits per heavy atom. The first-order valence-electron chi connectivity index (χ1n) is 8.99. The number of hydrogen-bond acceptors (Lipinski definition) is 3. The Labute approximate surface area is 148 Å². The molecule has 0 fully saturated rings. The molecule has 1 aliphatic rings. The maximum Gasteiger partial charge on any atom is 0.0651 e. The van der Waals surface area contributed by atoms with Crippen LogP contribution >= 0.6 is 0 Å². The Hall–Kier alpha value is -2.46. The van der Waals surface area contributed by atoms with E-state index in [0.717, 1.165) is 25.1 Å². The van der Waals surface area contributed by atoms with Gasteiger partial charge >= 0.3 is 0 Å². The van der Waals surface area contributed by atoms with Gasteiger partial charge in [0.15, 0.2) is 0 Å². The summed E-state index contributed by atoms with van der Waals surface area (Å²) >= 11 is 0. The van der Waals surface area contributed by atoms with Crippen LogP contribution in [0.5, 0.6) is 0 Å². The number of benzene rings is 1. The second-order valence-corrected chi connectivity index (χ2v) is 6.91. The van der Waals surface area contributed by atoms with E-state index in [4.69, 9.17) is 5.10 Å². The lowest BCUT2D eigenvalue weighted by molar-refractivity contribution is 0.454. The van der Waals surface area contributed by atoms with Gasteiger partial charge in [-0.15, -0.1) is 0 Å². The van der Waals surface area contributed by atoms with Crippen LogP contribution in [-0.2, 0) is 13.0 Å². The number of aromatic nitrogens is 3. The highest BCUT2D eigenvalue weighted by Gasteiger charge is 2.24. The van der Waals surface area contributed by atoms with E-state index in [0.29, 0.717) is 6.04 Å². The molecule has 4 nitrogen and oxygen atoms in total. The van der Waals surface area contributed by atoms with E-state index < -0.39 is 0 Å². The van der Waals surface area contributed by atoms with Crippen molar-refractivity contribution in [2.75, 3.05) is 0 Å². The lowest BCUT2D eigenvalue weighted by Gasteiger charge is -2.24. The fourth-order valence-electron chi connectivity index (χ4n) is 3.59. The Balaban J connectivity index is 1.58. The van der Waals surface area contributed by atoms with Gasteiger partial charge in [-0.25, -0.2) is 4.68 Å². The standard InChI is InChI=1S/C21H24N4/c1-15-8-9-18(11-16(15)2)25-21-7-3-6-20(19(21)14-24-25)23-13-17-5-4-10-22-12-17/h4-5,8-12,14,20,23H,3,6-7,13H2,1-2H3/t20-/m0/s1. The van der Waals surface area contributed by atoms with Crippen LogP contribution in [0.25, 0.3) is 5.69 Å². The molecule has 1 N–H and O–H groups in total. The van der Waals surface area contributed by atoms with E-state index in [9.17, 15) is 0 Å². The Morgan fingerprint density at radius 2 is 2.08 bits per heavy atom. The third-order valence-electron chi connectivity index (χ3n) is 5.19. The predicted octanol–water partition coefficient (Wildman–Crippen LogP) is 4.05. The van der Waals surface area contributed by atoms with Crippen molar-refractivity contribution in [3.8, 4) is 5.69 Å². The molecule has 1 aliphatic carbocycles. The Bertz CT molecular complexity index is 867. The molecular formula is C21H24N4. The van der Waals surface area contributed by atoms with Crippen molar-refractivity contribution in [1.29, 1.82) is 0 Å². The minimum atomic E-state index is 0.365. The van der Waals surface area contributed by atoms with Crippen molar-refractivity contribution >= 4 is 0 Å². The zero-order valence-electron chi connectivity index (χ0n) is 14.9. The van der Waals surface area contributed by atoms with Gasteiger partial charge in [0.1, 0.15) is 0 Å². The predicted molar refractivity (Wildman–Crippen MR) is 99.8 cm³/mol. The van der Waals surface area contributed by atoms with Gasteiger partial charge in [-0.3, -0.25) is 4.98 Å². The highest BCUT2D eigenvalue weighted by molar-refractivity contribution is 5.42. The minimum Gasteiger partial charge on any atom is -0.306 e. The first-order chi connectivity index (χ1) is 12.2. The van der Waals surface area contributed by atoms with Crippen LogP contribution in [0.15, 0.2) is 48.9 Å². The molecule has 2 heterocycles. The summed E-state index contributed by atoms with van der Waals surface area (Å²) in [7, 11) is 0. The van der Waals surface area contributed by atoms with Crippen LogP contribution in [0.4, 0.5) is 0 Å². The van der Waals surface area contributed by atoms with E-state index in [1.165, 1.54) is 34.4 Å². The van der Waals surface area contributed by atoms with Crippen LogP contribution in [0.1, 0.15) is 46.8 Å². The van der Waals surface area contributed by atoms with E-state index in [-0.39, 0.29) is 0 Å². The van der Waals surface area contributed by atoms with E-state index >= 15 is 0 Å². The molecule has 0 unspecified atom stereocenters. The SMILES string of the molecule is Cc1ccc(-n2ncc3c2CCC[C@@H]3NCc2cccnc2)cc1C. The topological polar surface area (TPSA) is 42.7 Å². The summed E-state index contributed by atoms with van der Waals surface area (Å²) in [4.78, 5) is 4.20. The molecule has 0 saturated heterocycles. The number of pyridine rings is 1. The average Bonchev–Trinajstić information content (AvgIpc) is 3.08. The monoisotopic (exact) mass is 332 g/mol. The van der Waals surface area contributed by atoms with E-state index in [1.807, 2.05) is 24.7 Å². The molecule has 4 rings (SSSR count). The van der Waals surface area contributed by atoms with Crippen LogP contribution in [0, 0.1) is 13.8 Å².